The second kappa shape index (κ2) is 9.45. The first-order chi connectivity index (χ1) is 13.0. The third-order valence-corrected chi connectivity index (χ3v) is 5.26. The Labute approximate surface area is 170 Å². The van der Waals surface area contributed by atoms with E-state index in [1.807, 2.05) is 12.1 Å². The van der Waals surface area contributed by atoms with Crippen LogP contribution in [0.3, 0.4) is 0 Å². The number of benzene rings is 2. The van der Waals surface area contributed by atoms with Crippen LogP contribution in [0.1, 0.15) is 30.9 Å². The predicted molar refractivity (Wildman–Crippen MR) is 109 cm³/mol. The van der Waals surface area contributed by atoms with Crippen molar-refractivity contribution < 1.29 is 9.53 Å². The van der Waals surface area contributed by atoms with Crippen LogP contribution in [0.25, 0.3) is 0 Å². The van der Waals surface area contributed by atoms with Gasteiger partial charge >= 0.3 is 0 Å². The molecular weight excluding hydrogens is 383 g/mol. The number of hydrogen-bond donors (Lipinski definition) is 1. The van der Waals surface area contributed by atoms with Crippen molar-refractivity contribution in [3.63, 3.8) is 0 Å². The van der Waals surface area contributed by atoms with E-state index in [2.05, 4.69) is 22.3 Å². The lowest BCUT2D eigenvalue weighted by Gasteiger charge is -2.19. The molecule has 6 heteroatoms. The molecule has 0 bridgehead atoms. The van der Waals surface area contributed by atoms with Gasteiger partial charge in [0.25, 0.3) is 5.91 Å². The van der Waals surface area contributed by atoms with Crippen molar-refractivity contribution in [3.8, 4) is 5.75 Å². The average molecular weight is 407 g/mol. The number of halogens is 2. The molecule has 1 N–H and O–H groups in total. The molecule has 0 aromatic heterocycles. The van der Waals surface area contributed by atoms with Crippen molar-refractivity contribution in [2.24, 2.45) is 0 Å². The van der Waals surface area contributed by atoms with Crippen LogP contribution >= 0.6 is 23.2 Å². The summed E-state index contributed by atoms with van der Waals surface area (Å²) in [5.74, 6) is 0.259. The number of carbonyl (C=O) groups is 1. The number of rotatable bonds is 7. The molecule has 1 atom stereocenters. The van der Waals surface area contributed by atoms with Crippen molar-refractivity contribution in [2.45, 2.75) is 39.0 Å². The maximum Gasteiger partial charge on any atom is 0.261 e. The summed E-state index contributed by atoms with van der Waals surface area (Å²) in [7, 11) is 0. The molecule has 144 valence electrons. The highest BCUT2D eigenvalue weighted by Gasteiger charge is 2.17. The van der Waals surface area contributed by atoms with E-state index in [-0.39, 0.29) is 5.91 Å². The van der Waals surface area contributed by atoms with Gasteiger partial charge in [0, 0.05) is 18.1 Å². The molecule has 1 fully saturated rings. The van der Waals surface area contributed by atoms with Gasteiger partial charge in [0.15, 0.2) is 6.10 Å². The van der Waals surface area contributed by atoms with Crippen molar-refractivity contribution in [1.29, 1.82) is 0 Å². The van der Waals surface area contributed by atoms with Gasteiger partial charge in [0.2, 0.25) is 0 Å². The van der Waals surface area contributed by atoms with Crippen LogP contribution in [0.5, 0.6) is 5.75 Å². The third kappa shape index (κ3) is 5.61. The number of amides is 1. The highest BCUT2D eigenvalue weighted by Crippen LogP contribution is 2.28. The van der Waals surface area contributed by atoms with Crippen LogP contribution in [0.2, 0.25) is 10.0 Å². The largest absolute Gasteiger partial charge is 0.479 e. The summed E-state index contributed by atoms with van der Waals surface area (Å²) < 4.78 is 5.68. The van der Waals surface area contributed by atoms with Gasteiger partial charge < -0.3 is 10.1 Å². The van der Waals surface area contributed by atoms with Crippen molar-refractivity contribution >= 4 is 29.1 Å². The number of nitrogens with zero attached hydrogens (tertiary/aromatic N) is 1. The van der Waals surface area contributed by atoms with E-state index < -0.39 is 6.10 Å². The molecule has 1 aliphatic rings. The van der Waals surface area contributed by atoms with E-state index in [1.54, 1.807) is 25.1 Å². The van der Waals surface area contributed by atoms with Gasteiger partial charge in [-0.1, -0.05) is 47.5 Å². The first-order valence-electron chi connectivity index (χ1n) is 9.21. The van der Waals surface area contributed by atoms with E-state index in [1.165, 1.54) is 18.4 Å². The molecular formula is C21H24Cl2N2O2. The molecule has 1 amide bonds. The van der Waals surface area contributed by atoms with Gasteiger partial charge in [-0.3, -0.25) is 9.69 Å². The van der Waals surface area contributed by atoms with Gasteiger partial charge in [0.1, 0.15) is 5.75 Å². The maximum absolute atomic E-state index is 12.4. The molecule has 4 nitrogen and oxygen atoms in total. The Hall–Kier alpha value is -1.75. The Bertz CT molecular complexity index is 792. The topological polar surface area (TPSA) is 41.6 Å². The van der Waals surface area contributed by atoms with Crippen LogP contribution in [0.15, 0.2) is 42.5 Å². The Morgan fingerprint density at radius 3 is 2.56 bits per heavy atom. The predicted octanol–water partition coefficient (Wildman–Crippen LogP) is 4.67. The summed E-state index contributed by atoms with van der Waals surface area (Å²) in [6, 6.07) is 13.2. The zero-order valence-corrected chi connectivity index (χ0v) is 16.9. The van der Waals surface area contributed by atoms with Gasteiger partial charge in [-0.2, -0.15) is 0 Å². The number of hydrogen-bond acceptors (Lipinski definition) is 3. The Morgan fingerprint density at radius 1 is 1.15 bits per heavy atom. The van der Waals surface area contributed by atoms with E-state index in [0.29, 0.717) is 22.3 Å². The molecule has 0 aliphatic carbocycles. The second-order valence-corrected chi connectivity index (χ2v) is 7.65. The first kappa shape index (κ1) is 20.0. The first-order valence-corrected chi connectivity index (χ1v) is 9.97. The molecule has 2 aromatic rings. The average Bonchev–Trinajstić information content (AvgIpc) is 3.16. The quantitative estimate of drug-likeness (QED) is 0.725. The molecule has 2 aromatic carbocycles. The van der Waals surface area contributed by atoms with E-state index in [4.69, 9.17) is 27.9 Å². The summed E-state index contributed by atoms with van der Waals surface area (Å²) in [4.78, 5) is 14.9. The number of carbonyl (C=O) groups excluding carboxylic acids is 1. The summed E-state index contributed by atoms with van der Waals surface area (Å²) in [6.45, 7) is 5.40. The lowest BCUT2D eigenvalue weighted by molar-refractivity contribution is -0.127. The van der Waals surface area contributed by atoms with E-state index >= 15 is 0 Å². The standard InChI is InChI=1S/C21H24Cl2N2O2/c1-15(27-20-9-8-18(22)12-19(20)23)21(26)24-13-16-6-2-3-7-17(16)14-25-10-4-5-11-25/h2-3,6-9,12,15H,4-5,10-11,13-14H2,1H3,(H,24,26). The number of likely N-dealkylation sites (tertiary alicyclic amines) is 1. The van der Waals surface area contributed by atoms with Gasteiger partial charge in [-0.15, -0.1) is 0 Å². The minimum atomic E-state index is -0.658. The smallest absolute Gasteiger partial charge is 0.261 e. The highest BCUT2D eigenvalue weighted by molar-refractivity contribution is 6.35. The second-order valence-electron chi connectivity index (χ2n) is 6.80. The van der Waals surface area contributed by atoms with Crippen molar-refractivity contribution in [1.82, 2.24) is 10.2 Å². The van der Waals surface area contributed by atoms with Crippen LogP contribution in [0.4, 0.5) is 0 Å². The Morgan fingerprint density at radius 2 is 1.85 bits per heavy atom. The molecule has 27 heavy (non-hydrogen) atoms. The molecule has 1 unspecified atom stereocenters. The molecule has 0 saturated carbocycles. The zero-order valence-electron chi connectivity index (χ0n) is 15.4. The maximum atomic E-state index is 12.4. The fourth-order valence-electron chi connectivity index (χ4n) is 3.21. The molecule has 1 aliphatic heterocycles. The lowest BCUT2D eigenvalue weighted by atomic mass is 10.1. The molecule has 1 heterocycles. The minimum Gasteiger partial charge on any atom is -0.479 e. The van der Waals surface area contributed by atoms with Crippen LogP contribution < -0.4 is 10.1 Å². The molecule has 0 radical (unpaired) electrons. The van der Waals surface area contributed by atoms with E-state index in [9.17, 15) is 4.79 Å². The van der Waals surface area contributed by atoms with Gasteiger partial charge in [0.05, 0.1) is 5.02 Å². The third-order valence-electron chi connectivity index (χ3n) is 4.73. The van der Waals surface area contributed by atoms with Gasteiger partial charge in [-0.25, -0.2) is 0 Å². The minimum absolute atomic E-state index is 0.183. The molecule has 0 spiro atoms. The zero-order chi connectivity index (χ0) is 19.2. The summed E-state index contributed by atoms with van der Waals surface area (Å²) >= 11 is 12.0. The lowest BCUT2D eigenvalue weighted by Crippen LogP contribution is -2.36. The van der Waals surface area contributed by atoms with Crippen molar-refractivity contribution in [3.05, 3.63) is 63.6 Å². The monoisotopic (exact) mass is 406 g/mol. The Kier molecular flexibility index (Phi) is 7.00. The normalized spacial score (nSPS) is 15.5. The van der Waals surface area contributed by atoms with Crippen LogP contribution in [0, 0.1) is 0 Å². The fraction of sp³-hybridized carbons (Fsp3) is 0.381. The van der Waals surface area contributed by atoms with E-state index in [0.717, 1.165) is 25.2 Å². The Balaban J connectivity index is 1.56. The van der Waals surface area contributed by atoms with Gasteiger partial charge in [-0.05, 0) is 62.2 Å². The summed E-state index contributed by atoms with van der Waals surface area (Å²) in [6.07, 6.45) is 1.87. The van der Waals surface area contributed by atoms with Crippen LogP contribution in [-0.4, -0.2) is 30.0 Å². The molecule has 1 saturated heterocycles. The number of ether oxygens (including phenoxy) is 1. The SMILES string of the molecule is CC(Oc1ccc(Cl)cc1Cl)C(=O)NCc1ccccc1CN1CCCC1. The summed E-state index contributed by atoms with van der Waals surface area (Å²) in [5, 5.41) is 3.88. The van der Waals surface area contributed by atoms with Crippen LogP contribution in [-0.2, 0) is 17.9 Å². The van der Waals surface area contributed by atoms with Crippen molar-refractivity contribution in [2.75, 3.05) is 13.1 Å². The molecule has 3 rings (SSSR count). The summed E-state index contributed by atoms with van der Waals surface area (Å²) in [5.41, 5.74) is 2.39. The fourth-order valence-corrected chi connectivity index (χ4v) is 3.66. The highest BCUT2D eigenvalue weighted by atomic mass is 35.5. The number of nitrogens with one attached hydrogen (secondary N) is 1.